The van der Waals surface area contributed by atoms with Gasteiger partial charge in [0.2, 0.25) is 0 Å². The summed E-state index contributed by atoms with van der Waals surface area (Å²) in [6.45, 7) is 18.2. The van der Waals surface area contributed by atoms with Gasteiger partial charge in [-0.15, -0.1) is 0 Å². The molecule has 2 aromatic rings. The molecule has 7 atom stereocenters. The molecule has 0 amide bonds. The van der Waals surface area contributed by atoms with Crippen LogP contribution in [0.4, 0.5) is 0 Å². The molecule has 0 nitrogen and oxygen atoms in total. The van der Waals surface area contributed by atoms with Gasteiger partial charge in [-0.1, -0.05) is 0 Å². The van der Waals surface area contributed by atoms with Crippen LogP contribution in [0.2, 0.25) is 0 Å². The summed E-state index contributed by atoms with van der Waals surface area (Å²) >= 11 is 0. The van der Waals surface area contributed by atoms with Crippen molar-refractivity contribution in [2.45, 2.75) is 165 Å². The number of hydrogen-bond donors (Lipinski definition) is 0. The zero-order chi connectivity index (χ0) is 30.4. The third kappa shape index (κ3) is 6.10. The Morgan fingerprint density at radius 1 is 0.651 bits per heavy atom. The van der Waals surface area contributed by atoms with Gasteiger partial charge in [-0.3, -0.25) is 0 Å². The molecule has 1 aliphatic heterocycles. The third-order valence-electron chi connectivity index (χ3n) is 13.0. The van der Waals surface area contributed by atoms with E-state index in [0.29, 0.717) is 10.3 Å². The molecule has 238 valence electrons. The van der Waals surface area contributed by atoms with Crippen LogP contribution < -0.4 is 10.6 Å². The van der Waals surface area contributed by atoms with E-state index in [0.717, 1.165) is 40.6 Å². The van der Waals surface area contributed by atoms with Crippen LogP contribution in [0.25, 0.3) is 0 Å². The fourth-order valence-corrected chi connectivity index (χ4v) is 25.1. The van der Waals surface area contributed by atoms with Crippen LogP contribution in [0.5, 0.6) is 0 Å². The van der Waals surface area contributed by atoms with Crippen LogP contribution in [0.1, 0.15) is 143 Å². The van der Waals surface area contributed by atoms with Crippen molar-refractivity contribution in [1.82, 2.24) is 0 Å². The average Bonchev–Trinajstić information content (AvgIpc) is 3.65. The zero-order valence-electron chi connectivity index (χ0n) is 28.9. The molecular formula is C41H64P2. The van der Waals surface area contributed by atoms with E-state index in [9.17, 15) is 0 Å². The van der Waals surface area contributed by atoms with Crippen LogP contribution in [0, 0.1) is 17.8 Å². The first-order valence-corrected chi connectivity index (χ1v) is 22.0. The van der Waals surface area contributed by atoms with Crippen molar-refractivity contribution in [1.29, 1.82) is 0 Å². The molecular weight excluding hydrogens is 554 g/mol. The molecule has 0 saturated heterocycles. The third-order valence-corrected chi connectivity index (χ3v) is 23.5. The van der Waals surface area contributed by atoms with Crippen molar-refractivity contribution >= 4 is 25.8 Å². The molecule has 1 heterocycles. The van der Waals surface area contributed by atoms with Gasteiger partial charge in [0.15, 0.2) is 0 Å². The van der Waals surface area contributed by atoms with Crippen LogP contribution in [0.3, 0.4) is 0 Å². The quantitative estimate of drug-likeness (QED) is 0.299. The molecule has 4 bridgehead atoms. The summed E-state index contributed by atoms with van der Waals surface area (Å²) in [5.74, 6) is 3.60. The van der Waals surface area contributed by atoms with Gasteiger partial charge < -0.3 is 0 Å². The molecule has 6 rings (SSSR count). The van der Waals surface area contributed by atoms with Crippen molar-refractivity contribution < 1.29 is 0 Å². The van der Waals surface area contributed by atoms with Crippen LogP contribution in [0.15, 0.2) is 54.6 Å². The van der Waals surface area contributed by atoms with E-state index in [2.05, 4.69) is 103 Å². The minimum atomic E-state index is -2.17. The van der Waals surface area contributed by atoms with Crippen molar-refractivity contribution in [3.8, 4) is 0 Å². The molecule has 3 aliphatic carbocycles. The molecule has 4 aliphatic rings. The Labute approximate surface area is 268 Å². The second-order valence-electron chi connectivity index (χ2n) is 17.4. The van der Waals surface area contributed by atoms with E-state index in [1.54, 1.807) is 5.30 Å². The standard InChI is InChI=1S/C41H64P2/c1-30(42(40(2,3)4)41(5,6)7)36-22-16-24-38(36)43(34-18-12-9-13-19-34)35-20-11-8-10-17-31(27-28-35)32-25-26-33(29-32)37-21-14-15-23-39(37)43/h9,12-15,18-19,21,23,30-33,35-36,38,43H,8,10-11,16-17,20,22,24-29H2,1-7H3/t30?,31?,32?,33-,35?,36+,38+/m1/s1. The Hall–Kier alpha value is -0.700. The molecule has 43 heavy (non-hydrogen) atoms. The van der Waals surface area contributed by atoms with E-state index < -0.39 is 7.26 Å². The zero-order valence-corrected chi connectivity index (χ0v) is 30.8. The monoisotopic (exact) mass is 618 g/mol. The first-order chi connectivity index (χ1) is 20.5. The summed E-state index contributed by atoms with van der Waals surface area (Å²) in [4.78, 5) is 0. The van der Waals surface area contributed by atoms with Crippen molar-refractivity contribution in [3.05, 3.63) is 60.2 Å². The number of benzene rings is 2. The van der Waals surface area contributed by atoms with Crippen molar-refractivity contribution in [2.24, 2.45) is 17.8 Å². The van der Waals surface area contributed by atoms with E-state index in [-0.39, 0.29) is 7.92 Å². The van der Waals surface area contributed by atoms with E-state index in [1.165, 1.54) is 83.5 Å². The summed E-state index contributed by atoms with van der Waals surface area (Å²) in [6.07, 6.45) is 19.2. The molecule has 4 unspecified atom stereocenters. The van der Waals surface area contributed by atoms with E-state index in [1.807, 2.05) is 10.9 Å². The van der Waals surface area contributed by atoms with Gasteiger partial charge in [0.25, 0.3) is 0 Å². The van der Waals surface area contributed by atoms with Crippen molar-refractivity contribution in [3.63, 3.8) is 0 Å². The minimum absolute atomic E-state index is 0.148. The van der Waals surface area contributed by atoms with Gasteiger partial charge in [-0.2, -0.15) is 0 Å². The molecule has 2 aromatic carbocycles. The van der Waals surface area contributed by atoms with Gasteiger partial charge in [0, 0.05) is 0 Å². The maximum absolute atomic E-state index is 2.74. The van der Waals surface area contributed by atoms with Gasteiger partial charge in [-0.05, 0) is 0 Å². The molecule has 2 heteroatoms. The molecule has 0 spiro atoms. The van der Waals surface area contributed by atoms with Gasteiger partial charge in [0.1, 0.15) is 0 Å². The van der Waals surface area contributed by atoms with Gasteiger partial charge >= 0.3 is 269 Å². The van der Waals surface area contributed by atoms with Crippen molar-refractivity contribution in [2.75, 3.05) is 0 Å². The Morgan fingerprint density at radius 3 is 2.07 bits per heavy atom. The first kappa shape index (κ1) is 32.2. The number of fused-ring (bicyclic) bond motifs is 8. The molecule has 3 fully saturated rings. The number of rotatable bonds is 4. The molecule has 0 N–H and O–H groups in total. The normalized spacial score (nSPS) is 32.8. The molecule has 0 aromatic heterocycles. The first-order valence-electron chi connectivity index (χ1n) is 18.5. The summed E-state index contributed by atoms with van der Waals surface area (Å²) in [7, 11) is -2.32. The Morgan fingerprint density at radius 2 is 1.33 bits per heavy atom. The SMILES string of the molecule is CC([C@@H]1CCC[C@@H]1[PH]1(c2ccccc2)c2ccccc2[C@@H]2CCC(C2)C2CCCCCC1CC2)P(C(C)(C)C)C(C)(C)C. The maximum atomic E-state index is 2.74. The van der Waals surface area contributed by atoms with Gasteiger partial charge in [0.05, 0.1) is 0 Å². The van der Waals surface area contributed by atoms with Crippen LogP contribution in [-0.2, 0) is 0 Å². The Bertz CT molecular complexity index is 1190. The fourth-order valence-electron chi connectivity index (χ4n) is 12.2. The fraction of sp³-hybridized carbons (Fsp3) is 0.707. The summed E-state index contributed by atoms with van der Waals surface area (Å²) in [5, 5.41) is 4.47. The topological polar surface area (TPSA) is 0 Å². The second-order valence-corrected chi connectivity index (χ2v) is 26.1. The Kier molecular flexibility index (Phi) is 9.62. The molecule has 3 saturated carbocycles. The number of hydrogen-bond acceptors (Lipinski definition) is 0. The van der Waals surface area contributed by atoms with E-state index >= 15 is 0 Å². The van der Waals surface area contributed by atoms with E-state index in [4.69, 9.17) is 0 Å². The average molecular weight is 619 g/mol. The van der Waals surface area contributed by atoms with Crippen LogP contribution >= 0.6 is 15.2 Å². The predicted molar refractivity (Wildman–Crippen MR) is 197 cm³/mol. The summed E-state index contributed by atoms with van der Waals surface area (Å²) in [6, 6.07) is 22.7. The summed E-state index contributed by atoms with van der Waals surface area (Å²) in [5.41, 5.74) is 4.36. The Balaban J connectivity index is 1.60. The second kappa shape index (κ2) is 12.8. The molecule has 0 radical (unpaired) electrons. The summed E-state index contributed by atoms with van der Waals surface area (Å²) < 4.78 is 0. The van der Waals surface area contributed by atoms with Crippen LogP contribution in [-0.4, -0.2) is 27.3 Å². The van der Waals surface area contributed by atoms with Gasteiger partial charge in [-0.25, -0.2) is 0 Å². The predicted octanol–water partition coefficient (Wildman–Crippen LogP) is 11.6.